The molecule has 102 valence electrons. The number of carboxylic acids is 1. The predicted molar refractivity (Wildman–Crippen MR) is 80.2 cm³/mol. The molecule has 2 nitrogen and oxygen atoms in total. The number of aryl methyl sites for hydroxylation is 3. The third kappa shape index (κ3) is 1.92. The molecule has 0 bridgehead atoms. The normalized spacial score (nSPS) is 15.8. The number of carboxylic acid groups (broad SMARTS) is 1. The minimum absolute atomic E-state index is 0.0157. The van der Waals surface area contributed by atoms with Gasteiger partial charge in [0.15, 0.2) is 0 Å². The summed E-state index contributed by atoms with van der Waals surface area (Å²) in [7, 11) is 0. The standard InChI is InChI=1S/C18H18O2/c1-10-4-5-13-14(7-10)16(9-17(19)20)18-12(3)6-11(2)8-15(13)18/h4-8,16H,9H2,1-3H3,(H,19,20). The number of rotatable bonds is 2. The monoisotopic (exact) mass is 266 g/mol. The molecular weight excluding hydrogens is 248 g/mol. The summed E-state index contributed by atoms with van der Waals surface area (Å²) in [5.41, 5.74) is 8.37. The summed E-state index contributed by atoms with van der Waals surface area (Å²) < 4.78 is 0. The van der Waals surface area contributed by atoms with Crippen molar-refractivity contribution >= 4 is 5.97 Å². The molecule has 0 spiro atoms. The van der Waals surface area contributed by atoms with Gasteiger partial charge in [0.1, 0.15) is 0 Å². The third-order valence-corrected chi connectivity index (χ3v) is 4.13. The van der Waals surface area contributed by atoms with E-state index in [1.807, 2.05) is 0 Å². The molecule has 0 heterocycles. The molecule has 1 aliphatic rings. The highest BCUT2D eigenvalue weighted by Gasteiger charge is 2.31. The maximum absolute atomic E-state index is 11.2. The lowest BCUT2D eigenvalue weighted by atomic mass is 9.89. The van der Waals surface area contributed by atoms with Crippen molar-refractivity contribution < 1.29 is 9.90 Å². The van der Waals surface area contributed by atoms with Crippen molar-refractivity contribution in [1.29, 1.82) is 0 Å². The summed E-state index contributed by atoms with van der Waals surface area (Å²) in [6, 6.07) is 10.7. The van der Waals surface area contributed by atoms with Gasteiger partial charge in [-0.3, -0.25) is 4.79 Å². The number of benzene rings is 2. The number of fused-ring (bicyclic) bond motifs is 3. The SMILES string of the molecule is Cc1cc(C)c2c(c1)-c1ccc(C)cc1C2CC(=O)O. The van der Waals surface area contributed by atoms with E-state index in [4.69, 9.17) is 0 Å². The number of hydrogen-bond acceptors (Lipinski definition) is 1. The summed E-state index contributed by atoms with van der Waals surface area (Å²) in [6.07, 6.45) is 0.160. The summed E-state index contributed by atoms with van der Waals surface area (Å²) in [5, 5.41) is 9.24. The van der Waals surface area contributed by atoms with Crippen molar-refractivity contribution in [2.24, 2.45) is 0 Å². The van der Waals surface area contributed by atoms with Gasteiger partial charge < -0.3 is 5.11 Å². The molecule has 0 amide bonds. The molecule has 0 saturated heterocycles. The minimum atomic E-state index is -0.740. The van der Waals surface area contributed by atoms with Crippen LogP contribution >= 0.6 is 0 Å². The first-order chi connectivity index (χ1) is 9.47. The van der Waals surface area contributed by atoms with Gasteiger partial charge in [-0.05, 0) is 48.6 Å². The zero-order valence-electron chi connectivity index (χ0n) is 12.0. The van der Waals surface area contributed by atoms with Gasteiger partial charge in [-0.25, -0.2) is 0 Å². The van der Waals surface area contributed by atoms with Crippen LogP contribution in [0.3, 0.4) is 0 Å². The Kier molecular flexibility index (Phi) is 2.89. The van der Waals surface area contributed by atoms with E-state index in [2.05, 4.69) is 51.1 Å². The second-order valence-corrected chi connectivity index (χ2v) is 5.78. The second-order valence-electron chi connectivity index (χ2n) is 5.78. The average Bonchev–Trinajstić information content (AvgIpc) is 2.63. The molecule has 1 atom stereocenters. The van der Waals surface area contributed by atoms with Gasteiger partial charge in [-0.1, -0.05) is 41.5 Å². The van der Waals surface area contributed by atoms with Crippen molar-refractivity contribution in [2.45, 2.75) is 33.1 Å². The maximum atomic E-state index is 11.2. The lowest BCUT2D eigenvalue weighted by Gasteiger charge is -2.14. The molecule has 0 fully saturated rings. The Morgan fingerprint density at radius 1 is 1.05 bits per heavy atom. The first-order valence-corrected chi connectivity index (χ1v) is 6.91. The van der Waals surface area contributed by atoms with Crippen LogP contribution in [0.2, 0.25) is 0 Å². The minimum Gasteiger partial charge on any atom is -0.481 e. The highest BCUT2D eigenvalue weighted by Crippen LogP contribution is 2.48. The molecule has 0 aliphatic heterocycles. The summed E-state index contributed by atoms with van der Waals surface area (Å²) in [6.45, 7) is 6.23. The molecule has 3 rings (SSSR count). The van der Waals surface area contributed by atoms with Crippen LogP contribution in [0.5, 0.6) is 0 Å². The lowest BCUT2D eigenvalue weighted by Crippen LogP contribution is -2.06. The van der Waals surface area contributed by atoms with Crippen molar-refractivity contribution in [3.05, 3.63) is 58.1 Å². The Morgan fingerprint density at radius 3 is 2.50 bits per heavy atom. The van der Waals surface area contributed by atoms with Crippen molar-refractivity contribution in [1.82, 2.24) is 0 Å². The van der Waals surface area contributed by atoms with Crippen LogP contribution in [0.25, 0.3) is 11.1 Å². The van der Waals surface area contributed by atoms with Crippen LogP contribution in [0.1, 0.15) is 40.2 Å². The maximum Gasteiger partial charge on any atom is 0.304 e. The fourth-order valence-electron chi connectivity index (χ4n) is 3.42. The first-order valence-electron chi connectivity index (χ1n) is 6.91. The van der Waals surface area contributed by atoms with Gasteiger partial charge in [0.25, 0.3) is 0 Å². The van der Waals surface area contributed by atoms with Crippen LogP contribution in [0.4, 0.5) is 0 Å². The van der Waals surface area contributed by atoms with Crippen molar-refractivity contribution in [2.75, 3.05) is 0 Å². The molecule has 2 aromatic carbocycles. The molecular formula is C18H18O2. The molecule has 1 N–H and O–H groups in total. The van der Waals surface area contributed by atoms with E-state index in [1.165, 1.54) is 33.4 Å². The Balaban J connectivity index is 2.28. The lowest BCUT2D eigenvalue weighted by molar-refractivity contribution is -0.137. The molecule has 2 aromatic rings. The fourth-order valence-corrected chi connectivity index (χ4v) is 3.42. The van der Waals surface area contributed by atoms with Crippen molar-refractivity contribution in [3.63, 3.8) is 0 Å². The topological polar surface area (TPSA) is 37.3 Å². The number of carbonyl (C=O) groups is 1. The van der Waals surface area contributed by atoms with Crippen LogP contribution in [-0.4, -0.2) is 11.1 Å². The van der Waals surface area contributed by atoms with Gasteiger partial charge in [0, 0.05) is 5.92 Å². The summed E-state index contributed by atoms with van der Waals surface area (Å²) >= 11 is 0. The van der Waals surface area contributed by atoms with Gasteiger partial charge in [0.05, 0.1) is 6.42 Å². The summed E-state index contributed by atoms with van der Waals surface area (Å²) in [4.78, 5) is 11.2. The van der Waals surface area contributed by atoms with Gasteiger partial charge in [0.2, 0.25) is 0 Å². The largest absolute Gasteiger partial charge is 0.481 e. The number of hydrogen-bond donors (Lipinski definition) is 1. The first kappa shape index (κ1) is 12.9. The Bertz CT molecular complexity index is 714. The zero-order chi connectivity index (χ0) is 14.4. The van der Waals surface area contributed by atoms with Crippen LogP contribution in [-0.2, 0) is 4.79 Å². The Hall–Kier alpha value is -2.09. The Labute approximate surface area is 119 Å². The van der Waals surface area contributed by atoms with E-state index in [-0.39, 0.29) is 12.3 Å². The smallest absolute Gasteiger partial charge is 0.304 e. The van der Waals surface area contributed by atoms with Gasteiger partial charge in [-0.2, -0.15) is 0 Å². The van der Waals surface area contributed by atoms with E-state index in [0.717, 1.165) is 5.56 Å². The van der Waals surface area contributed by atoms with Crippen molar-refractivity contribution in [3.8, 4) is 11.1 Å². The zero-order valence-corrected chi connectivity index (χ0v) is 12.0. The Morgan fingerprint density at radius 2 is 1.80 bits per heavy atom. The quantitative estimate of drug-likeness (QED) is 0.884. The molecule has 1 unspecified atom stereocenters. The van der Waals surface area contributed by atoms with E-state index >= 15 is 0 Å². The van der Waals surface area contributed by atoms with Crippen LogP contribution in [0.15, 0.2) is 30.3 Å². The fraction of sp³-hybridized carbons (Fsp3) is 0.278. The highest BCUT2D eigenvalue weighted by molar-refractivity contribution is 5.83. The molecule has 0 saturated carbocycles. The molecule has 2 heteroatoms. The summed E-state index contributed by atoms with van der Waals surface area (Å²) in [5.74, 6) is -0.756. The molecule has 1 aliphatic carbocycles. The number of aliphatic carboxylic acids is 1. The van der Waals surface area contributed by atoms with Crippen LogP contribution < -0.4 is 0 Å². The van der Waals surface area contributed by atoms with E-state index in [9.17, 15) is 9.90 Å². The van der Waals surface area contributed by atoms with E-state index in [1.54, 1.807) is 0 Å². The van der Waals surface area contributed by atoms with Crippen LogP contribution in [0, 0.1) is 20.8 Å². The third-order valence-electron chi connectivity index (χ3n) is 4.13. The molecule has 0 radical (unpaired) electrons. The second kappa shape index (κ2) is 4.48. The molecule has 20 heavy (non-hydrogen) atoms. The molecule has 0 aromatic heterocycles. The van der Waals surface area contributed by atoms with Gasteiger partial charge >= 0.3 is 5.97 Å². The highest BCUT2D eigenvalue weighted by atomic mass is 16.4. The van der Waals surface area contributed by atoms with E-state index < -0.39 is 5.97 Å². The predicted octanol–water partition coefficient (Wildman–Crippen LogP) is 4.20. The van der Waals surface area contributed by atoms with E-state index in [0.29, 0.717) is 0 Å². The average molecular weight is 266 g/mol. The van der Waals surface area contributed by atoms with Gasteiger partial charge in [-0.15, -0.1) is 0 Å².